The number of hydrogen-bond donors (Lipinski definition) is 1. The molecule has 0 unspecified atom stereocenters. The second-order valence-electron chi connectivity index (χ2n) is 9.35. The highest BCUT2D eigenvalue weighted by atomic mass is 79.9. The maximum absolute atomic E-state index is 14.0. The molecule has 0 heterocycles. The molecule has 9 nitrogen and oxygen atoms in total. The van der Waals surface area contributed by atoms with Crippen molar-refractivity contribution in [2.24, 2.45) is 0 Å². The van der Waals surface area contributed by atoms with E-state index in [2.05, 4.69) is 21.2 Å². The Hall–Kier alpha value is -3.57. The highest BCUT2D eigenvalue weighted by Gasteiger charge is 2.33. The molecule has 0 aliphatic rings. The number of benzene rings is 3. The van der Waals surface area contributed by atoms with Crippen molar-refractivity contribution in [3.63, 3.8) is 0 Å². The molecule has 0 aliphatic heterocycles. The SMILES string of the molecule is COc1ccc(N(CC(=O)N(Cc2cccc(Br)c2)[C@H](C)C(=O)NC(C)C)S(=O)(=O)c2ccccc2)cc1OC. The number of methoxy groups -OCH3 is 2. The summed E-state index contributed by atoms with van der Waals surface area (Å²) >= 11 is 3.44. The molecule has 2 amide bonds. The fourth-order valence-corrected chi connectivity index (χ4v) is 5.92. The molecule has 3 aromatic carbocycles. The van der Waals surface area contributed by atoms with E-state index in [0.717, 1.165) is 14.3 Å². The molecule has 1 atom stereocenters. The summed E-state index contributed by atoms with van der Waals surface area (Å²) in [6, 6.07) is 18.8. The molecule has 0 saturated heterocycles. The fourth-order valence-electron chi connectivity index (χ4n) is 4.05. The number of rotatable bonds is 12. The van der Waals surface area contributed by atoms with E-state index in [1.165, 1.54) is 37.3 Å². The number of anilines is 1. The van der Waals surface area contributed by atoms with Gasteiger partial charge in [0.05, 0.1) is 24.8 Å². The molecule has 0 fully saturated rings. The summed E-state index contributed by atoms with van der Waals surface area (Å²) in [5, 5.41) is 2.84. The second kappa shape index (κ2) is 13.7. The Morgan fingerprint density at radius 2 is 1.57 bits per heavy atom. The number of sulfonamides is 1. The van der Waals surface area contributed by atoms with Crippen LogP contribution >= 0.6 is 15.9 Å². The van der Waals surface area contributed by atoms with Gasteiger partial charge in [0, 0.05) is 23.1 Å². The van der Waals surface area contributed by atoms with Gasteiger partial charge in [-0.1, -0.05) is 46.3 Å². The van der Waals surface area contributed by atoms with Crippen LogP contribution in [0.15, 0.2) is 82.2 Å². The van der Waals surface area contributed by atoms with Gasteiger partial charge in [-0.2, -0.15) is 0 Å². The van der Waals surface area contributed by atoms with Gasteiger partial charge in [-0.15, -0.1) is 0 Å². The Labute approximate surface area is 244 Å². The lowest BCUT2D eigenvalue weighted by Crippen LogP contribution is -2.52. The van der Waals surface area contributed by atoms with Crippen LogP contribution in [0.2, 0.25) is 0 Å². The molecular formula is C29H34BrN3O6S. The molecule has 0 spiro atoms. The van der Waals surface area contributed by atoms with Crippen LogP contribution in [-0.4, -0.2) is 58.0 Å². The van der Waals surface area contributed by atoms with Gasteiger partial charge in [-0.05, 0) is 62.7 Å². The number of hydrogen-bond acceptors (Lipinski definition) is 6. The van der Waals surface area contributed by atoms with Crippen LogP contribution in [-0.2, 0) is 26.2 Å². The third-order valence-corrected chi connectivity index (χ3v) is 8.39. The average molecular weight is 633 g/mol. The van der Waals surface area contributed by atoms with Gasteiger partial charge in [0.15, 0.2) is 11.5 Å². The van der Waals surface area contributed by atoms with Gasteiger partial charge in [0.25, 0.3) is 10.0 Å². The number of halogens is 1. The lowest BCUT2D eigenvalue weighted by Gasteiger charge is -2.32. The van der Waals surface area contributed by atoms with Gasteiger partial charge < -0.3 is 19.7 Å². The summed E-state index contributed by atoms with van der Waals surface area (Å²) in [7, 11) is -1.27. The first-order chi connectivity index (χ1) is 19.0. The third-order valence-electron chi connectivity index (χ3n) is 6.11. The summed E-state index contributed by atoms with van der Waals surface area (Å²) in [4.78, 5) is 28.4. The smallest absolute Gasteiger partial charge is 0.264 e. The molecule has 214 valence electrons. The van der Waals surface area contributed by atoms with E-state index in [1.807, 2.05) is 38.1 Å². The molecule has 40 heavy (non-hydrogen) atoms. The Morgan fingerprint density at radius 3 is 2.17 bits per heavy atom. The summed E-state index contributed by atoms with van der Waals surface area (Å²) in [5.41, 5.74) is 0.979. The zero-order chi connectivity index (χ0) is 29.4. The molecule has 0 radical (unpaired) electrons. The first-order valence-electron chi connectivity index (χ1n) is 12.6. The van der Waals surface area contributed by atoms with Crippen LogP contribution in [0.5, 0.6) is 11.5 Å². The van der Waals surface area contributed by atoms with Crippen molar-refractivity contribution in [1.82, 2.24) is 10.2 Å². The largest absolute Gasteiger partial charge is 0.493 e. The van der Waals surface area contributed by atoms with Crippen molar-refractivity contribution in [2.75, 3.05) is 25.1 Å². The van der Waals surface area contributed by atoms with Gasteiger partial charge in [-0.25, -0.2) is 8.42 Å². The number of amides is 2. The van der Waals surface area contributed by atoms with E-state index in [1.54, 1.807) is 37.3 Å². The van der Waals surface area contributed by atoms with Crippen LogP contribution in [0.3, 0.4) is 0 Å². The number of nitrogens with zero attached hydrogens (tertiary/aromatic N) is 2. The molecule has 1 N–H and O–H groups in total. The average Bonchev–Trinajstić information content (AvgIpc) is 2.93. The van der Waals surface area contributed by atoms with Crippen molar-refractivity contribution in [3.05, 3.63) is 82.8 Å². The van der Waals surface area contributed by atoms with E-state index < -0.39 is 28.5 Å². The minimum Gasteiger partial charge on any atom is -0.493 e. The molecule has 0 saturated carbocycles. The van der Waals surface area contributed by atoms with E-state index in [0.29, 0.717) is 11.5 Å². The fraction of sp³-hybridized carbons (Fsp3) is 0.310. The number of carbonyl (C=O) groups excluding carboxylic acids is 2. The van der Waals surface area contributed by atoms with Crippen LogP contribution in [0.4, 0.5) is 5.69 Å². The normalized spacial score (nSPS) is 12.0. The van der Waals surface area contributed by atoms with Gasteiger partial charge in [0.1, 0.15) is 12.6 Å². The topological polar surface area (TPSA) is 105 Å². The minimum atomic E-state index is -4.19. The van der Waals surface area contributed by atoms with Crippen LogP contribution in [0, 0.1) is 0 Å². The van der Waals surface area contributed by atoms with Crippen molar-refractivity contribution in [2.45, 2.75) is 44.3 Å². The minimum absolute atomic E-state index is 0.0155. The van der Waals surface area contributed by atoms with Gasteiger partial charge >= 0.3 is 0 Å². The zero-order valence-electron chi connectivity index (χ0n) is 23.1. The van der Waals surface area contributed by atoms with Crippen LogP contribution in [0.1, 0.15) is 26.3 Å². The van der Waals surface area contributed by atoms with Crippen molar-refractivity contribution in [1.29, 1.82) is 0 Å². The maximum atomic E-state index is 14.0. The first-order valence-corrected chi connectivity index (χ1v) is 14.8. The Balaban J connectivity index is 2.08. The lowest BCUT2D eigenvalue weighted by atomic mass is 10.1. The van der Waals surface area contributed by atoms with Crippen LogP contribution in [0.25, 0.3) is 0 Å². The van der Waals surface area contributed by atoms with E-state index in [9.17, 15) is 18.0 Å². The quantitative estimate of drug-likeness (QED) is 0.313. The van der Waals surface area contributed by atoms with Crippen molar-refractivity contribution in [3.8, 4) is 11.5 Å². The Bertz CT molecular complexity index is 1430. The van der Waals surface area contributed by atoms with E-state index in [4.69, 9.17) is 9.47 Å². The lowest BCUT2D eigenvalue weighted by molar-refractivity contribution is -0.139. The monoisotopic (exact) mass is 631 g/mol. The third kappa shape index (κ3) is 7.54. The Kier molecular flexibility index (Phi) is 10.6. The maximum Gasteiger partial charge on any atom is 0.264 e. The predicted octanol–water partition coefficient (Wildman–Crippen LogP) is 4.60. The standard InChI is InChI=1S/C29H34BrN3O6S/c1-20(2)31-29(35)21(3)32(18-22-10-9-11-23(30)16-22)28(34)19-33(40(36,37)25-12-7-6-8-13-25)24-14-15-26(38-4)27(17-24)39-5/h6-17,20-21H,18-19H2,1-5H3,(H,31,35)/t21-/m1/s1. The molecule has 3 aromatic rings. The number of carbonyl (C=O) groups is 2. The Morgan fingerprint density at radius 1 is 0.900 bits per heavy atom. The summed E-state index contributed by atoms with van der Waals surface area (Å²) in [5.74, 6) is -0.191. The molecule has 0 bridgehead atoms. The van der Waals surface area contributed by atoms with Crippen LogP contribution < -0.4 is 19.1 Å². The number of nitrogens with one attached hydrogen (secondary N) is 1. The predicted molar refractivity (Wildman–Crippen MR) is 158 cm³/mol. The molecule has 0 aromatic heterocycles. The van der Waals surface area contributed by atoms with E-state index >= 15 is 0 Å². The summed E-state index contributed by atoms with van der Waals surface area (Å²) in [6.45, 7) is 4.82. The molecule has 11 heteroatoms. The highest BCUT2D eigenvalue weighted by Crippen LogP contribution is 2.34. The van der Waals surface area contributed by atoms with Gasteiger partial charge in [0.2, 0.25) is 11.8 Å². The molecule has 3 rings (SSSR count). The second-order valence-corrected chi connectivity index (χ2v) is 12.1. The van der Waals surface area contributed by atoms with Crippen molar-refractivity contribution < 1.29 is 27.5 Å². The first kappa shape index (κ1) is 31.0. The highest BCUT2D eigenvalue weighted by molar-refractivity contribution is 9.10. The zero-order valence-corrected chi connectivity index (χ0v) is 25.5. The molecular weight excluding hydrogens is 598 g/mol. The van der Waals surface area contributed by atoms with E-state index in [-0.39, 0.29) is 29.1 Å². The summed E-state index contributed by atoms with van der Waals surface area (Å²) < 4.78 is 40.3. The van der Waals surface area contributed by atoms with Crippen molar-refractivity contribution >= 4 is 43.5 Å². The number of ether oxygens (including phenoxy) is 2. The van der Waals surface area contributed by atoms with Gasteiger partial charge in [-0.3, -0.25) is 13.9 Å². The molecule has 0 aliphatic carbocycles. The summed E-state index contributed by atoms with van der Waals surface area (Å²) in [6.07, 6.45) is 0.